The van der Waals surface area contributed by atoms with Crippen molar-refractivity contribution in [2.24, 2.45) is 0 Å². The molecule has 1 aromatic heterocycles. The van der Waals surface area contributed by atoms with E-state index in [1.54, 1.807) is 30.3 Å². The third kappa shape index (κ3) is 5.46. The van der Waals surface area contributed by atoms with Gasteiger partial charge in [0.05, 0.1) is 11.1 Å². The van der Waals surface area contributed by atoms with Crippen LogP contribution in [-0.2, 0) is 4.79 Å². The summed E-state index contributed by atoms with van der Waals surface area (Å²) in [5.41, 5.74) is 1.61. The maximum absolute atomic E-state index is 13.3. The topological polar surface area (TPSA) is 100 Å². The van der Waals surface area contributed by atoms with Crippen molar-refractivity contribution < 1.29 is 18.8 Å². The minimum Gasteiger partial charge on any atom is -0.326 e. The highest BCUT2D eigenvalue weighted by Gasteiger charge is 2.12. The fourth-order valence-electron chi connectivity index (χ4n) is 2.54. The molecule has 0 unspecified atom stereocenters. The summed E-state index contributed by atoms with van der Waals surface area (Å²) < 4.78 is 13.3. The number of carbonyl (C=O) groups is 3. The van der Waals surface area contributed by atoms with Gasteiger partial charge in [-0.2, -0.15) is 0 Å². The van der Waals surface area contributed by atoms with Crippen LogP contribution in [0.15, 0.2) is 67.0 Å². The first-order chi connectivity index (χ1) is 13.9. The maximum atomic E-state index is 13.3. The summed E-state index contributed by atoms with van der Waals surface area (Å²) in [7, 11) is 0. The monoisotopic (exact) mass is 392 g/mol. The second-order valence-electron chi connectivity index (χ2n) is 6.14. The molecule has 0 aliphatic carbocycles. The van der Waals surface area contributed by atoms with Crippen molar-refractivity contribution in [2.45, 2.75) is 6.92 Å². The van der Waals surface area contributed by atoms with E-state index >= 15 is 0 Å². The molecule has 0 atom stereocenters. The maximum Gasteiger partial charge on any atom is 0.257 e. The molecule has 146 valence electrons. The summed E-state index contributed by atoms with van der Waals surface area (Å²) in [6, 6.07) is 13.5. The Bertz CT molecular complexity index is 1080. The van der Waals surface area contributed by atoms with Crippen LogP contribution in [0.2, 0.25) is 0 Å². The molecule has 3 N–H and O–H groups in total. The van der Waals surface area contributed by atoms with Gasteiger partial charge in [0.25, 0.3) is 11.8 Å². The third-order valence-corrected chi connectivity index (χ3v) is 3.79. The van der Waals surface area contributed by atoms with Gasteiger partial charge in [-0.1, -0.05) is 12.1 Å². The molecule has 0 fully saturated rings. The van der Waals surface area contributed by atoms with E-state index in [4.69, 9.17) is 0 Å². The lowest BCUT2D eigenvalue weighted by Crippen LogP contribution is -2.16. The third-order valence-electron chi connectivity index (χ3n) is 3.79. The van der Waals surface area contributed by atoms with Gasteiger partial charge >= 0.3 is 0 Å². The average Bonchev–Trinajstić information content (AvgIpc) is 2.68. The number of nitrogens with one attached hydrogen (secondary N) is 3. The van der Waals surface area contributed by atoms with Crippen molar-refractivity contribution in [1.82, 2.24) is 4.98 Å². The number of rotatable bonds is 5. The first-order valence-corrected chi connectivity index (χ1v) is 8.62. The molecule has 0 aliphatic rings. The zero-order valence-corrected chi connectivity index (χ0v) is 15.4. The van der Waals surface area contributed by atoms with Crippen LogP contribution in [0.1, 0.15) is 27.6 Å². The van der Waals surface area contributed by atoms with E-state index in [1.807, 2.05) is 0 Å². The Morgan fingerprint density at radius 3 is 1.83 bits per heavy atom. The van der Waals surface area contributed by atoms with E-state index in [0.717, 1.165) is 0 Å². The minimum absolute atomic E-state index is 0.147. The molecule has 2 aromatic carbocycles. The molecule has 0 bridgehead atoms. The van der Waals surface area contributed by atoms with Crippen molar-refractivity contribution >= 4 is 34.8 Å². The molecule has 8 heteroatoms. The van der Waals surface area contributed by atoms with Crippen LogP contribution < -0.4 is 16.0 Å². The molecule has 3 aromatic rings. The Morgan fingerprint density at radius 1 is 0.759 bits per heavy atom. The molecule has 0 saturated heterocycles. The molecule has 3 amide bonds. The number of aromatic nitrogens is 1. The van der Waals surface area contributed by atoms with E-state index in [1.165, 1.54) is 43.6 Å². The Morgan fingerprint density at radius 2 is 1.28 bits per heavy atom. The highest BCUT2D eigenvalue weighted by molar-refractivity contribution is 6.08. The summed E-state index contributed by atoms with van der Waals surface area (Å²) in [6.07, 6.45) is 2.63. The van der Waals surface area contributed by atoms with Gasteiger partial charge in [-0.3, -0.25) is 19.4 Å². The Balaban J connectivity index is 1.72. The van der Waals surface area contributed by atoms with Gasteiger partial charge in [0, 0.05) is 36.4 Å². The highest BCUT2D eigenvalue weighted by atomic mass is 19.1. The summed E-state index contributed by atoms with van der Waals surface area (Å²) in [5, 5.41) is 7.86. The van der Waals surface area contributed by atoms with Gasteiger partial charge in [0.1, 0.15) is 5.82 Å². The summed E-state index contributed by atoms with van der Waals surface area (Å²) in [6.45, 7) is 1.39. The molecule has 3 rings (SSSR count). The quantitative estimate of drug-likeness (QED) is 0.617. The number of amides is 3. The molecule has 1 heterocycles. The zero-order chi connectivity index (χ0) is 20.8. The van der Waals surface area contributed by atoms with E-state index in [2.05, 4.69) is 20.9 Å². The number of pyridine rings is 1. The van der Waals surface area contributed by atoms with Crippen molar-refractivity contribution in [3.05, 3.63) is 83.9 Å². The van der Waals surface area contributed by atoms with E-state index in [0.29, 0.717) is 17.1 Å². The van der Waals surface area contributed by atoms with Crippen LogP contribution >= 0.6 is 0 Å². The number of halogens is 1. The molecular formula is C21H17FN4O3. The standard InChI is InChI=1S/C21H17FN4O3/c1-13(27)24-18-6-3-7-19(10-18)26-21(29)15-8-14(11-23-12-15)20(28)25-17-5-2-4-16(22)9-17/h2-12H,1H3,(H,24,27)(H,25,28)(H,26,29). The van der Waals surface area contributed by atoms with Gasteiger partial charge in [-0.25, -0.2) is 4.39 Å². The van der Waals surface area contributed by atoms with Crippen molar-refractivity contribution in [2.75, 3.05) is 16.0 Å². The Kier molecular flexibility index (Phi) is 5.94. The van der Waals surface area contributed by atoms with Gasteiger partial charge in [-0.15, -0.1) is 0 Å². The highest BCUT2D eigenvalue weighted by Crippen LogP contribution is 2.17. The number of nitrogens with zero attached hydrogens (tertiary/aromatic N) is 1. The zero-order valence-electron chi connectivity index (χ0n) is 15.4. The number of hydrogen-bond donors (Lipinski definition) is 3. The van der Waals surface area contributed by atoms with Crippen LogP contribution in [0.5, 0.6) is 0 Å². The van der Waals surface area contributed by atoms with Crippen LogP contribution in [0.3, 0.4) is 0 Å². The summed E-state index contributed by atoms with van der Waals surface area (Å²) in [5.74, 6) is -1.70. The van der Waals surface area contributed by atoms with Crippen molar-refractivity contribution in [1.29, 1.82) is 0 Å². The summed E-state index contributed by atoms with van der Waals surface area (Å²) in [4.78, 5) is 40.0. The molecule has 0 spiro atoms. The molecule has 0 radical (unpaired) electrons. The smallest absolute Gasteiger partial charge is 0.257 e. The number of benzene rings is 2. The number of hydrogen-bond acceptors (Lipinski definition) is 4. The minimum atomic E-state index is -0.523. The van der Waals surface area contributed by atoms with Gasteiger partial charge in [0.15, 0.2) is 0 Å². The fourth-order valence-corrected chi connectivity index (χ4v) is 2.54. The van der Waals surface area contributed by atoms with Gasteiger partial charge < -0.3 is 16.0 Å². The Labute approximate surface area is 166 Å². The predicted octanol–water partition coefficient (Wildman–Crippen LogP) is 3.68. The number of carbonyl (C=O) groups excluding carboxylic acids is 3. The normalized spacial score (nSPS) is 10.1. The lowest BCUT2D eigenvalue weighted by molar-refractivity contribution is -0.114. The molecule has 7 nitrogen and oxygen atoms in total. The SMILES string of the molecule is CC(=O)Nc1cccc(NC(=O)c2cncc(C(=O)Nc3cccc(F)c3)c2)c1. The van der Waals surface area contributed by atoms with E-state index in [-0.39, 0.29) is 17.0 Å². The van der Waals surface area contributed by atoms with Crippen LogP contribution in [0.25, 0.3) is 0 Å². The van der Waals surface area contributed by atoms with Crippen LogP contribution in [-0.4, -0.2) is 22.7 Å². The van der Waals surface area contributed by atoms with E-state index in [9.17, 15) is 18.8 Å². The second-order valence-corrected chi connectivity index (χ2v) is 6.14. The predicted molar refractivity (Wildman–Crippen MR) is 107 cm³/mol. The van der Waals surface area contributed by atoms with Gasteiger partial charge in [-0.05, 0) is 42.5 Å². The average molecular weight is 392 g/mol. The first-order valence-electron chi connectivity index (χ1n) is 8.62. The molecule has 0 aliphatic heterocycles. The number of anilines is 3. The first kappa shape index (κ1) is 19.7. The fraction of sp³-hybridized carbons (Fsp3) is 0.0476. The van der Waals surface area contributed by atoms with Crippen LogP contribution in [0, 0.1) is 5.82 Å². The molecular weight excluding hydrogens is 375 g/mol. The van der Waals surface area contributed by atoms with Crippen LogP contribution in [0.4, 0.5) is 21.5 Å². The van der Waals surface area contributed by atoms with Crippen molar-refractivity contribution in [3.63, 3.8) is 0 Å². The second kappa shape index (κ2) is 8.75. The molecule has 0 saturated carbocycles. The van der Waals surface area contributed by atoms with Crippen molar-refractivity contribution in [3.8, 4) is 0 Å². The largest absolute Gasteiger partial charge is 0.326 e. The van der Waals surface area contributed by atoms with E-state index < -0.39 is 17.6 Å². The lowest BCUT2D eigenvalue weighted by atomic mass is 10.1. The van der Waals surface area contributed by atoms with Gasteiger partial charge in [0.2, 0.25) is 5.91 Å². The Hall–Kier alpha value is -4.07. The lowest BCUT2D eigenvalue weighted by Gasteiger charge is -2.09. The summed E-state index contributed by atoms with van der Waals surface area (Å²) >= 11 is 0. The molecule has 29 heavy (non-hydrogen) atoms.